The Morgan fingerprint density at radius 3 is 3.00 bits per heavy atom. The monoisotopic (exact) mass is 315 g/mol. The van der Waals surface area contributed by atoms with Crippen LogP contribution in [0.25, 0.3) is 0 Å². The summed E-state index contributed by atoms with van der Waals surface area (Å²) < 4.78 is 6.03. The lowest BCUT2D eigenvalue weighted by molar-refractivity contribution is 0.0293. The minimum atomic E-state index is 0.231. The van der Waals surface area contributed by atoms with Gasteiger partial charge in [-0.3, -0.25) is 14.9 Å². The smallest absolute Gasteiger partial charge is 0.138 e. The Morgan fingerprint density at radius 1 is 1.35 bits per heavy atom. The Kier molecular flexibility index (Phi) is 5.74. The predicted molar refractivity (Wildman–Crippen MR) is 88.8 cm³/mol. The van der Waals surface area contributed by atoms with Gasteiger partial charge in [0.25, 0.3) is 0 Å². The minimum absolute atomic E-state index is 0.231. The molecule has 1 aliphatic rings. The fraction of sp³-hybridized carbons (Fsp3) is 0.529. The van der Waals surface area contributed by atoms with E-state index in [4.69, 9.17) is 4.74 Å². The summed E-state index contributed by atoms with van der Waals surface area (Å²) in [4.78, 5) is 8.91. The molecule has 1 N–H and O–H groups in total. The second kappa shape index (κ2) is 8.19. The van der Waals surface area contributed by atoms with Gasteiger partial charge in [0.2, 0.25) is 0 Å². The van der Waals surface area contributed by atoms with Crippen LogP contribution in [0, 0.1) is 0 Å². The van der Waals surface area contributed by atoms with E-state index in [2.05, 4.69) is 62.4 Å². The van der Waals surface area contributed by atoms with E-state index < -0.39 is 0 Å². The quantitative estimate of drug-likeness (QED) is 0.876. The molecule has 0 radical (unpaired) electrons. The molecule has 124 valence electrons. The lowest BCUT2D eigenvalue weighted by Gasteiger charge is -2.26. The number of benzene rings is 1. The van der Waals surface area contributed by atoms with Crippen LogP contribution in [0.1, 0.15) is 17.8 Å². The number of nitrogens with one attached hydrogen (secondary N) is 1. The Morgan fingerprint density at radius 2 is 2.22 bits per heavy atom. The van der Waals surface area contributed by atoms with Crippen LogP contribution in [-0.2, 0) is 17.8 Å². The molecule has 6 heteroatoms. The van der Waals surface area contributed by atoms with Crippen LogP contribution >= 0.6 is 0 Å². The molecule has 0 spiro atoms. The summed E-state index contributed by atoms with van der Waals surface area (Å²) in [6, 6.07) is 10.7. The number of H-pyrrole nitrogens is 1. The Balaban J connectivity index is 1.52. The highest BCUT2D eigenvalue weighted by atomic mass is 16.5. The Bertz CT molecular complexity index is 560. The van der Waals surface area contributed by atoms with E-state index in [0.717, 1.165) is 51.6 Å². The van der Waals surface area contributed by atoms with E-state index in [9.17, 15) is 0 Å². The normalized spacial score (nSPS) is 19.8. The van der Waals surface area contributed by atoms with E-state index in [1.54, 1.807) is 6.33 Å². The van der Waals surface area contributed by atoms with Gasteiger partial charge < -0.3 is 4.74 Å². The zero-order chi connectivity index (χ0) is 15.9. The predicted octanol–water partition coefficient (Wildman–Crippen LogP) is 1.53. The third-order valence-corrected chi connectivity index (χ3v) is 4.08. The molecule has 0 aliphatic carbocycles. The van der Waals surface area contributed by atoms with Gasteiger partial charge >= 0.3 is 0 Å². The number of hydrogen-bond acceptors (Lipinski definition) is 5. The van der Waals surface area contributed by atoms with E-state index in [0.29, 0.717) is 0 Å². The number of ether oxygens (including phenoxy) is 1. The Labute approximate surface area is 137 Å². The van der Waals surface area contributed by atoms with Gasteiger partial charge in [-0.1, -0.05) is 30.3 Å². The topological polar surface area (TPSA) is 57.3 Å². The van der Waals surface area contributed by atoms with Crippen LogP contribution in [0.15, 0.2) is 36.7 Å². The SMILES string of the molecule is CN(Cc1ncn[nH]1)C[C@H]1CN(Cc2ccccc2)CCCO1. The molecule has 3 rings (SSSR count). The van der Waals surface area contributed by atoms with Gasteiger partial charge in [0.05, 0.1) is 12.6 Å². The van der Waals surface area contributed by atoms with Crippen LogP contribution in [0.2, 0.25) is 0 Å². The molecular weight excluding hydrogens is 290 g/mol. The highest BCUT2D eigenvalue weighted by Gasteiger charge is 2.20. The van der Waals surface area contributed by atoms with Crippen LogP contribution < -0.4 is 0 Å². The standard InChI is InChI=1S/C17H25N5O/c1-21(13-17-18-14-19-20-17)11-16-12-22(8-5-9-23-16)10-15-6-3-2-4-7-15/h2-4,6-7,14,16H,5,8-13H2,1H3,(H,18,19,20)/t16-/m0/s1. The molecule has 0 unspecified atom stereocenters. The van der Waals surface area contributed by atoms with Crippen molar-refractivity contribution in [1.29, 1.82) is 0 Å². The summed E-state index contributed by atoms with van der Waals surface area (Å²) >= 11 is 0. The van der Waals surface area contributed by atoms with Crippen LogP contribution in [-0.4, -0.2) is 64.4 Å². The number of likely N-dealkylation sites (N-methyl/N-ethyl adjacent to an activating group) is 1. The largest absolute Gasteiger partial charge is 0.376 e. The molecule has 0 saturated carbocycles. The van der Waals surface area contributed by atoms with E-state index in [1.807, 2.05) is 0 Å². The first kappa shape index (κ1) is 16.1. The van der Waals surface area contributed by atoms with Gasteiger partial charge in [-0.25, -0.2) is 4.98 Å². The first-order valence-corrected chi connectivity index (χ1v) is 8.20. The molecule has 1 saturated heterocycles. The van der Waals surface area contributed by atoms with Crippen molar-refractivity contribution in [1.82, 2.24) is 25.0 Å². The first-order chi connectivity index (χ1) is 11.3. The maximum Gasteiger partial charge on any atom is 0.138 e. The van der Waals surface area contributed by atoms with Crippen LogP contribution in [0.5, 0.6) is 0 Å². The summed E-state index contributed by atoms with van der Waals surface area (Å²) in [7, 11) is 2.10. The summed E-state index contributed by atoms with van der Waals surface area (Å²) in [5.74, 6) is 0.891. The molecule has 0 amide bonds. The van der Waals surface area contributed by atoms with Crippen molar-refractivity contribution in [3.05, 3.63) is 48.0 Å². The molecule has 6 nitrogen and oxygen atoms in total. The van der Waals surface area contributed by atoms with E-state index in [-0.39, 0.29) is 6.10 Å². The second-order valence-electron chi connectivity index (χ2n) is 6.20. The lowest BCUT2D eigenvalue weighted by atomic mass is 10.2. The van der Waals surface area contributed by atoms with Crippen molar-refractivity contribution in [2.45, 2.75) is 25.6 Å². The van der Waals surface area contributed by atoms with Gasteiger partial charge in [-0.05, 0) is 19.0 Å². The lowest BCUT2D eigenvalue weighted by Crippen LogP contribution is -2.38. The minimum Gasteiger partial charge on any atom is -0.376 e. The first-order valence-electron chi connectivity index (χ1n) is 8.20. The highest BCUT2D eigenvalue weighted by Crippen LogP contribution is 2.12. The summed E-state index contributed by atoms with van der Waals surface area (Å²) in [5, 5.41) is 6.80. The third-order valence-electron chi connectivity index (χ3n) is 4.08. The van der Waals surface area contributed by atoms with Crippen molar-refractivity contribution < 1.29 is 4.74 Å². The van der Waals surface area contributed by atoms with Gasteiger partial charge in [0.1, 0.15) is 12.2 Å². The molecule has 2 aromatic rings. The van der Waals surface area contributed by atoms with Crippen molar-refractivity contribution in [3.63, 3.8) is 0 Å². The summed E-state index contributed by atoms with van der Waals surface area (Å²) in [6.07, 6.45) is 2.87. The number of nitrogens with zero attached hydrogens (tertiary/aromatic N) is 4. The molecule has 1 fully saturated rings. The molecule has 1 aliphatic heterocycles. The molecule has 1 aromatic heterocycles. The fourth-order valence-corrected chi connectivity index (χ4v) is 3.04. The molecular formula is C17H25N5O. The molecule has 0 bridgehead atoms. The number of aromatic amines is 1. The van der Waals surface area contributed by atoms with Gasteiger partial charge in [0.15, 0.2) is 0 Å². The van der Waals surface area contributed by atoms with Crippen molar-refractivity contribution in [2.24, 2.45) is 0 Å². The van der Waals surface area contributed by atoms with Crippen molar-refractivity contribution in [2.75, 3.05) is 33.3 Å². The molecule has 23 heavy (non-hydrogen) atoms. The number of aromatic nitrogens is 3. The zero-order valence-corrected chi connectivity index (χ0v) is 13.7. The maximum absolute atomic E-state index is 6.03. The van der Waals surface area contributed by atoms with Crippen molar-refractivity contribution in [3.8, 4) is 0 Å². The maximum atomic E-state index is 6.03. The average molecular weight is 315 g/mol. The number of rotatable bonds is 6. The zero-order valence-electron chi connectivity index (χ0n) is 13.7. The molecule has 1 atom stereocenters. The fourth-order valence-electron chi connectivity index (χ4n) is 3.04. The van der Waals surface area contributed by atoms with Gasteiger partial charge in [0, 0.05) is 32.8 Å². The summed E-state index contributed by atoms with van der Waals surface area (Å²) in [5.41, 5.74) is 1.36. The second-order valence-corrected chi connectivity index (χ2v) is 6.20. The highest BCUT2D eigenvalue weighted by molar-refractivity contribution is 5.14. The van der Waals surface area contributed by atoms with E-state index >= 15 is 0 Å². The molecule has 1 aromatic carbocycles. The Hall–Kier alpha value is -1.76. The molecule has 2 heterocycles. The average Bonchev–Trinajstić information content (AvgIpc) is 2.95. The van der Waals surface area contributed by atoms with E-state index in [1.165, 1.54) is 5.56 Å². The third kappa shape index (κ3) is 5.13. The van der Waals surface area contributed by atoms with Crippen molar-refractivity contribution >= 4 is 0 Å². The van der Waals surface area contributed by atoms with Crippen LogP contribution in [0.3, 0.4) is 0 Å². The van der Waals surface area contributed by atoms with Crippen LogP contribution in [0.4, 0.5) is 0 Å². The van der Waals surface area contributed by atoms with Gasteiger partial charge in [-0.15, -0.1) is 0 Å². The number of hydrogen-bond donors (Lipinski definition) is 1. The van der Waals surface area contributed by atoms with Gasteiger partial charge in [-0.2, -0.15) is 5.10 Å². The summed E-state index contributed by atoms with van der Waals surface area (Å²) in [6.45, 7) is 5.55.